The molecule has 0 fully saturated rings. The van der Waals surface area contributed by atoms with Gasteiger partial charge < -0.3 is 11.5 Å². The lowest BCUT2D eigenvalue weighted by Crippen LogP contribution is -2.15. The highest BCUT2D eigenvalue weighted by Crippen LogP contribution is 2.17. The maximum absolute atomic E-state index is 5.84. The molecule has 0 unspecified atom stereocenters. The van der Waals surface area contributed by atoms with Crippen LogP contribution >= 0.6 is 11.6 Å². The van der Waals surface area contributed by atoms with Gasteiger partial charge in [-0.2, -0.15) is 0 Å². The van der Waals surface area contributed by atoms with Crippen LogP contribution in [0.15, 0.2) is 24.3 Å². The molecule has 0 aromatic heterocycles. The van der Waals surface area contributed by atoms with E-state index in [1.54, 1.807) is 0 Å². The van der Waals surface area contributed by atoms with E-state index in [4.69, 9.17) is 23.1 Å². The number of hydrogen-bond donors (Lipinski definition) is 2. The Balaban J connectivity index is 2.73. The van der Waals surface area contributed by atoms with Crippen molar-refractivity contribution in [3.63, 3.8) is 0 Å². The summed E-state index contributed by atoms with van der Waals surface area (Å²) in [4.78, 5) is 0. The van der Waals surface area contributed by atoms with E-state index in [1.807, 2.05) is 24.3 Å². The third-order valence-electron chi connectivity index (χ3n) is 1.75. The largest absolute Gasteiger partial charge is 0.330 e. The zero-order valence-corrected chi connectivity index (χ0v) is 7.59. The van der Waals surface area contributed by atoms with Crippen LogP contribution in [-0.2, 0) is 0 Å². The first kappa shape index (κ1) is 9.52. The third kappa shape index (κ3) is 2.48. The predicted octanol–water partition coefficient (Wildman–Crippen LogP) is 1.69. The average molecular weight is 185 g/mol. The van der Waals surface area contributed by atoms with Gasteiger partial charge in [-0.1, -0.05) is 23.7 Å². The second kappa shape index (κ2) is 4.45. The minimum Gasteiger partial charge on any atom is -0.330 e. The lowest BCUT2D eigenvalue weighted by atomic mass is 10.1. The summed E-state index contributed by atoms with van der Waals surface area (Å²) >= 11 is 5.80. The number of hydrogen-bond acceptors (Lipinski definition) is 2. The van der Waals surface area contributed by atoms with Crippen LogP contribution in [0.5, 0.6) is 0 Å². The van der Waals surface area contributed by atoms with Gasteiger partial charge in [-0.05, 0) is 30.7 Å². The molecule has 0 bridgehead atoms. The number of nitrogens with two attached hydrogens (primary N) is 2. The standard InChI is InChI=1S/C9H13ClN2/c10-8-3-1-2-7(6-8)9(12)4-5-11/h1-3,6,9H,4-5,11-12H2/t9-/m1/s1. The smallest absolute Gasteiger partial charge is 0.0409 e. The van der Waals surface area contributed by atoms with Gasteiger partial charge in [0, 0.05) is 11.1 Å². The highest BCUT2D eigenvalue weighted by atomic mass is 35.5. The molecule has 0 radical (unpaired) electrons. The Labute approximate surface area is 77.5 Å². The topological polar surface area (TPSA) is 52.0 Å². The van der Waals surface area contributed by atoms with Crippen LogP contribution in [0.2, 0.25) is 5.02 Å². The van der Waals surface area contributed by atoms with Gasteiger partial charge >= 0.3 is 0 Å². The van der Waals surface area contributed by atoms with Crippen LogP contribution in [0.1, 0.15) is 18.0 Å². The molecule has 0 spiro atoms. The number of benzene rings is 1. The molecule has 66 valence electrons. The van der Waals surface area contributed by atoms with Gasteiger partial charge in [-0.3, -0.25) is 0 Å². The molecule has 0 saturated carbocycles. The molecule has 0 saturated heterocycles. The van der Waals surface area contributed by atoms with Crippen molar-refractivity contribution in [2.24, 2.45) is 11.5 Å². The molecule has 0 amide bonds. The molecule has 1 aromatic carbocycles. The molecule has 3 heteroatoms. The lowest BCUT2D eigenvalue weighted by Gasteiger charge is -2.10. The molecule has 4 N–H and O–H groups in total. The van der Waals surface area contributed by atoms with Gasteiger partial charge in [0.05, 0.1) is 0 Å². The second-order valence-electron chi connectivity index (χ2n) is 2.74. The van der Waals surface area contributed by atoms with E-state index < -0.39 is 0 Å². The fraction of sp³-hybridized carbons (Fsp3) is 0.333. The molecule has 1 rings (SSSR count). The van der Waals surface area contributed by atoms with Crippen LogP contribution in [-0.4, -0.2) is 6.54 Å². The van der Waals surface area contributed by atoms with Crippen molar-refractivity contribution in [2.75, 3.05) is 6.54 Å². The molecule has 0 aliphatic rings. The molecule has 2 nitrogen and oxygen atoms in total. The van der Waals surface area contributed by atoms with E-state index in [9.17, 15) is 0 Å². The zero-order chi connectivity index (χ0) is 8.97. The SMILES string of the molecule is NCC[C@@H](N)c1cccc(Cl)c1. The van der Waals surface area contributed by atoms with Crippen LogP contribution in [0, 0.1) is 0 Å². The molecular weight excluding hydrogens is 172 g/mol. The van der Waals surface area contributed by atoms with Gasteiger partial charge in [-0.15, -0.1) is 0 Å². The first-order chi connectivity index (χ1) is 5.74. The average Bonchev–Trinajstić information content (AvgIpc) is 2.05. The Hall–Kier alpha value is -0.570. The van der Waals surface area contributed by atoms with Crippen molar-refractivity contribution in [3.8, 4) is 0 Å². The fourth-order valence-electron chi connectivity index (χ4n) is 1.08. The summed E-state index contributed by atoms with van der Waals surface area (Å²) in [6.45, 7) is 0.605. The van der Waals surface area contributed by atoms with Crippen LogP contribution in [0.3, 0.4) is 0 Å². The minimum atomic E-state index is 0.00806. The summed E-state index contributed by atoms with van der Waals surface area (Å²) in [5, 5.41) is 0.722. The van der Waals surface area contributed by atoms with Gasteiger partial charge in [0.15, 0.2) is 0 Å². The monoisotopic (exact) mass is 184 g/mol. The Morgan fingerprint density at radius 3 is 2.75 bits per heavy atom. The zero-order valence-electron chi connectivity index (χ0n) is 6.83. The van der Waals surface area contributed by atoms with Crippen LogP contribution in [0.4, 0.5) is 0 Å². The Bertz CT molecular complexity index is 250. The molecule has 1 atom stereocenters. The Morgan fingerprint density at radius 1 is 1.42 bits per heavy atom. The molecule has 0 aliphatic heterocycles. The fourth-order valence-corrected chi connectivity index (χ4v) is 1.28. The summed E-state index contributed by atoms with van der Waals surface area (Å²) in [6, 6.07) is 7.58. The summed E-state index contributed by atoms with van der Waals surface area (Å²) in [5.74, 6) is 0. The van der Waals surface area contributed by atoms with Crippen LogP contribution in [0.25, 0.3) is 0 Å². The van der Waals surface area contributed by atoms with Crippen molar-refractivity contribution in [2.45, 2.75) is 12.5 Å². The molecule has 12 heavy (non-hydrogen) atoms. The number of rotatable bonds is 3. The van der Waals surface area contributed by atoms with E-state index in [0.717, 1.165) is 17.0 Å². The number of halogens is 1. The minimum absolute atomic E-state index is 0.00806. The normalized spacial score (nSPS) is 12.9. The predicted molar refractivity (Wildman–Crippen MR) is 52.1 cm³/mol. The lowest BCUT2D eigenvalue weighted by molar-refractivity contribution is 0.661. The first-order valence-corrected chi connectivity index (χ1v) is 4.33. The van der Waals surface area contributed by atoms with Gasteiger partial charge in [0.25, 0.3) is 0 Å². The van der Waals surface area contributed by atoms with Crippen molar-refractivity contribution in [3.05, 3.63) is 34.9 Å². The maximum atomic E-state index is 5.84. The van der Waals surface area contributed by atoms with E-state index in [-0.39, 0.29) is 6.04 Å². The van der Waals surface area contributed by atoms with Gasteiger partial charge in [0.2, 0.25) is 0 Å². The van der Waals surface area contributed by atoms with Gasteiger partial charge in [0.1, 0.15) is 0 Å². The van der Waals surface area contributed by atoms with E-state index in [1.165, 1.54) is 0 Å². The van der Waals surface area contributed by atoms with E-state index in [2.05, 4.69) is 0 Å². The first-order valence-electron chi connectivity index (χ1n) is 3.95. The third-order valence-corrected chi connectivity index (χ3v) is 1.99. The summed E-state index contributed by atoms with van der Waals surface area (Å²) in [6.07, 6.45) is 0.792. The van der Waals surface area contributed by atoms with Crippen molar-refractivity contribution in [1.29, 1.82) is 0 Å². The molecular formula is C9H13ClN2. The Morgan fingerprint density at radius 2 is 2.17 bits per heavy atom. The van der Waals surface area contributed by atoms with Crippen molar-refractivity contribution in [1.82, 2.24) is 0 Å². The highest BCUT2D eigenvalue weighted by Gasteiger charge is 2.03. The van der Waals surface area contributed by atoms with Gasteiger partial charge in [-0.25, -0.2) is 0 Å². The van der Waals surface area contributed by atoms with E-state index in [0.29, 0.717) is 6.54 Å². The molecule has 0 heterocycles. The molecule has 1 aromatic rings. The van der Waals surface area contributed by atoms with Crippen LogP contribution < -0.4 is 11.5 Å². The highest BCUT2D eigenvalue weighted by molar-refractivity contribution is 6.30. The van der Waals surface area contributed by atoms with E-state index >= 15 is 0 Å². The summed E-state index contributed by atoms with van der Waals surface area (Å²) in [7, 11) is 0. The summed E-state index contributed by atoms with van der Waals surface area (Å²) < 4.78 is 0. The molecule has 0 aliphatic carbocycles. The van der Waals surface area contributed by atoms with Crippen molar-refractivity contribution < 1.29 is 0 Å². The quantitative estimate of drug-likeness (QED) is 0.751. The summed E-state index contributed by atoms with van der Waals surface area (Å²) in [5.41, 5.74) is 12.3. The second-order valence-corrected chi connectivity index (χ2v) is 3.18. The Kier molecular flexibility index (Phi) is 3.53. The van der Waals surface area contributed by atoms with Crippen molar-refractivity contribution >= 4 is 11.6 Å². The maximum Gasteiger partial charge on any atom is 0.0409 e.